The summed E-state index contributed by atoms with van der Waals surface area (Å²) in [6.07, 6.45) is 3.37. The fourth-order valence-corrected chi connectivity index (χ4v) is 3.13. The molecule has 1 aliphatic rings. The first-order valence-electron chi connectivity index (χ1n) is 6.69. The van der Waals surface area contributed by atoms with E-state index in [-0.39, 0.29) is 0 Å². The van der Waals surface area contributed by atoms with E-state index < -0.39 is 0 Å². The summed E-state index contributed by atoms with van der Waals surface area (Å²) in [6, 6.07) is 17.2. The predicted octanol–water partition coefficient (Wildman–Crippen LogP) is 4.57. The summed E-state index contributed by atoms with van der Waals surface area (Å²) in [5.41, 5.74) is 8.10. The van der Waals surface area contributed by atoms with Crippen molar-refractivity contribution in [2.45, 2.75) is 13.3 Å². The van der Waals surface area contributed by atoms with Crippen LogP contribution in [-0.4, -0.2) is 4.98 Å². The Balaban J connectivity index is 1.92. The first kappa shape index (κ1) is 10.6. The second kappa shape index (κ2) is 3.86. The molecule has 0 spiro atoms. The van der Waals surface area contributed by atoms with Gasteiger partial charge in [-0.3, -0.25) is 0 Å². The highest BCUT2D eigenvalue weighted by Gasteiger charge is 2.18. The molecule has 0 unspecified atom stereocenters. The number of aryl methyl sites for hydroxylation is 1. The maximum absolute atomic E-state index is 3.49. The topological polar surface area (TPSA) is 15.8 Å². The zero-order valence-electron chi connectivity index (χ0n) is 10.9. The monoisotopic (exact) mass is 245 g/mol. The Morgan fingerprint density at radius 3 is 2.63 bits per heavy atom. The van der Waals surface area contributed by atoms with Gasteiger partial charge in [-0.25, -0.2) is 0 Å². The van der Waals surface area contributed by atoms with Crippen LogP contribution in [0.25, 0.3) is 22.6 Å². The van der Waals surface area contributed by atoms with Gasteiger partial charge in [0.05, 0.1) is 0 Å². The Hall–Kier alpha value is -2.28. The van der Waals surface area contributed by atoms with Gasteiger partial charge in [0.1, 0.15) is 0 Å². The molecule has 0 bridgehead atoms. The lowest BCUT2D eigenvalue weighted by Gasteiger charge is -2.02. The number of aromatic nitrogens is 1. The summed E-state index contributed by atoms with van der Waals surface area (Å²) in [7, 11) is 0. The van der Waals surface area contributed by atoms with Crippen LogP contribution >= 0.6 is 0 Å². The number of fused-ring (bicyclic) bond motifs is 2. The molecule has 0 radical (unpaired) electrons. The molecule has 92 valence electrons. The Morgan fingerprint density at radius 2 is 1.74 bits per heavy atom. The number of H-pyrrole nitrogens is 1. The number of rotatable bonds is 1. The predicted molar refractivity (Wildman–Crippen MR) is 81.1 cm³/mol. The minimum atomic E-state index is 1.04. The molecule has 1 heteroatoms. The van der Waals surface area contributed by atoms with Gasteiger partial charge in [-0.05, 0) is 36.1 Å². The first-order valence-corrected chi connectivity index (χ1v) is 6.69. The van der Waals surface area contributed by atoms with Crippen LogP contribution in [-0.2, 0) is 6.42 Å². The SMILES string of the molecule is Cc1[nH]c2ccccc2c1C1=Cc2ccccc2C1. The van der Waals surface area contributed by atoms with E-state index in [1.54, 1.807) is 0 Å². The van der Waals surface area contributed by atoms with Crippen molar-refractivity contribution in [1.29, 1.82) is 0 Å². The third-order valence-corrected chi connectivity index (χ3v) is 3.98. The molecule has 1 aromatic heterocycles. The number of para-hydroxylation sites is 1. The summed E-state index contributed by atoms with van der Waals surface area (Å²) in [6.45, 7) is 2.17. The van der Waals surface area contributed by atoms with Crippen LogP contribution in [0.2, 0.25) is 0 Å². The maximum Gasteiger partial charge on any atom is 0.0462 e. The van der Waals surface area contributed by atoms with Crippen LogP contribution < -0.4 is 0 Å². The maximum atomic E-state index is 3.49. The zero-order chi connectivity index (χ0) is 12.8. The van der Waals surface area contributed by atoms with Gasteiger partial charge in [0, 0.05) is 22.2 Å². The van der Waals surface area contributed by atoms with Crippen molar-refractivity contribution in [3.63, 3.8) is 0 Å². The molecule has 0 saturated heterocycles. The molecule has 1 nitrogen and oxygen atoms in total. The van der Waals surface area contributed by atoms with E-state index in [4.69, 9.17) is 0 Å². The van der Waals surface area contributed by atoms with E-state index in [9.17, 15) is 0 Å². The summed E-state index contributed by atoms with van der Waals surface area (Å²) in [5.74, 6) is 0. The molecule has 19 heavy (non-hydrogen) atoms. The van der Waals surface area contributed by atoms with E-state index in [1.807, 2.05) is 0 Å². The van der Waals surface area contributed by atoms with Gasteiger partial charge < -0.3 is 4.98 Å². The van der Waals surface area contributed by atoms with E-state index in [2.05, 4.69) is 66.5 Å². The summed E-state index contributed by atoms with van der Waals surface area (Å²) < 4.78 is 0. The fourth-order valence-electron chi connectivity index (χ4n) is 3.13. The van der Waals surface area contributed by atoms with Gasteiger partial charge in [-0.15, -0.1) is 0 Å². The summed E-state index contributed by atoms with van der Waals surface area (Å²) >= 11 is 0. The van der Waals surface area contributed by atoms with Gasteiger partial charge in [0.2, 0.25) is 0 Å². The number of benzene rings is 2. The Bertz CT molecular complexity index is 805. The third kappa shape index (κ3) is 1.55. The number of hydrogen-bond acceptors (Lipinski definition) is 0. The lowest BCUT2D eigenvalue weighted by atomic mass is 10.0. The van der Waals surface area contributed by atoms with Gasteiger partial charge in [-0.1, -0.05) is 48.5 Å². The molecule has 0 saturated carbocycles. The minimum absolute atomic E-state index is 1.04. The lowest BCUT2D eigenvalue weighted by molar-refractivity contribution is 1.26. The molecule has 0 aliphatic heterocycles. The van der Waals surface area contributed by atoms with Gasteiger partial charge in [0.15, 0.2) is 0 Å². The molecule has 1 aliphatic carbocycles. The molecule has 3 aromatic rings. The van der Waals surface area contributed by atoms with Gasteiger partial charge in [0.25, 0.3) is 0 Å². The summed E-state index contributed by atoms with van der Waals surface area (Å²) in [4.78, 5) is 3.49. The normalized spacial score (nSPS) is 13.6. The number of nitrogens with one attached hydrogen (secondary N) is 1. The Morgan fingerprint density at radius 1 is 0.947 bits per heavy atom. The van der Waals surface area contributed by atoms with Crippen LogP contribution in [0, 0.1) is 6.92 Å². The van der Waals surface area contributed by atoms with Crippen molar-refractivity contribution in [1.82, 2.24) is 4.98 Å². The molecule has 0 atom stereocenters. The lowest BCUT2D eigenvalue weighted by Crippen LogP contribution is -1.86. The second-order valence-corrected chi connectivity index (χ2v) is 5.22. The quantitative estimate of drug-likeness (QED) is 0.646. The van der Waals surface area contributed by atoms with E-state index >= 15 is 0 Å². The van der Waals surface area contributed by atoms with Crippen molar-refractivity contribution in [3.05, 3.63) is 70.9 Å². The van der Waals surface area contributed by atoms with E-state index in [0.717, 1.165) is 6.42 Å². The molecule has 4 rings (SSSR count). The molecule has 0 amide bonds. The molecule has 1 heterocycles. The highest BCUT2D eigenvalue weighted by molar-refractivity contribution is 6.00. The van der Waals surface area contributed by atoms with Crippen LogP contribution in [0.15, 0.2) is 48.5 Å². The summed E-state index contributed by atoms with van der Waals surface area (Å²) in [5, 5.41) is 1.33. The molecule has 1 N–H and O–H groups in total. The number of hydrogen-bond donors (Lipinski definition) is 1. The average Bonchev–Trinajstić information content (AvgIpc) is 2.97. The van der Waals surface area contributed by atoms with Gasteiger partial charge >= 0.3 is 0 Å². The van der Waals surface area contributed by atoms with E-state index in [1.165, 1.54) is 38.9 Å². The standard InChI is InChI=1S/C18H15N/c1-12-18(16-8-4-5-9-17(16)19-12)15-10-13-6-2-3-7-14(13)11-15/h2-10,19H,11H2,1H3. The molecule has 2 aromatic carbocycles. The van der Waals surface area contributed by atoms with E-state index in [0.29, 0.717) is 0 Å². The van der Waals surface area contributed by atoms with Gasteiger partial charge in [-0.2, -0.15) is 0 Å². The highest BCUT2D eigenvalue weighted by atomic mass is 14.7. The van der Waals surface area contributed by atoms with Crippen LogP contribution in [0.3, 0.4) is 0 Å². The molecule has 0 fully saturated rings. The Labute approximate surface area is 112 Å². The smallest absolute Gasteiger partial charge is 0.0462 e. The number of aromatic amines is 1. The Kier molecular flexibility index (Phi) is 2.16. The van der Waals surface area contributed by atoms with Crippen molar-refractivity contribution in [3.8, 4) is 0 Å². The first-order chi connectivity index (χ1) is 9.33. The van der Waals surface area contributed by atoms with Crippen molar-refractivity contribution in [2.24, 2.45) is 0 Å². The largest absolute Gasteiger partial charge is 0.358 e. The highest BCUT2D eigenvalue weighted by Crippen LogP contribution is 2.36. The van der Waals surface area contributed by atoms with Crippen LogP contribution in [0.5, 0.6) is 0 Å². The number of allylic oxidation sites excluding steroid dienone is 1. The molecular weight excluding hydrogens is 230 g/mol. The minimum Gasteiger partial charge on any atom is -0.358 e. The zero-order valence-corrected chi connectivity index (χ0v) is 10.9. The van der Waals surface area contributed by atoms with Crippen molar-refractivity contribution >= 4 is 22.6 Å². The van der Waals surface area contributed by atoms with Crippen LogP contribution in [0.1, 0.15) is 22.4 Å². The second-order valence-electron chi connectivity index (χ2n) is 5.22. The average molecular weight is 245 g/mol. The third-order valence-electron chi connectivity index (χ3n) is 3.98. The van der Waals surface area contributed by atoms with Crippen LogP contribution in [0.4, 0.5) is 0 Å². The fraction of sp³-hybridized carbons (Fsp3) is 0.111. The molecular formula is C18H15N. The van der Waals surface area contributed by atoms with Crippen molar-refractivity contribution < 1.29 is 0 Å². The van der Waals surface area contributed by atoms with Crippen molar-refractivity contribution in [2.75, 3.05) is 0 Å².